The minimum Gasteiger partial charge on any atom is -0.393 e. The van der Waals surface area contributed by atoms with Crippen molar-refractivity contribution in [2.45, 2.75) is 96.7 Å². The van der Waals surface area contributed by atoms with Crippen LogP contribution in [0.5, 0.6) is 0 Å². The van der Waals surface area contributed by atoms with Gasteiger partial charge in [-0.2, -0.15) is 5.10 Å². The first-order valence-electron chi connectivity index (χ1n) is 13.4. The third-order valence-corrected chi connectivity index (χ3v) is 11.0. The van der Waals surface area contributed by atoms with E-state index in [9.17, 15) is 10.2 Å². The number of hydrazone groups is 1. The summed E-state index contributed by atoms with van der Waals surface area (Å²) in [6, 6.07) is 0. The molecule has 4 saturated carbocycles. The van der Waals surface area contributed by atoms with Crippen molar-refractivity contribution in [2.75, 3.05) is 13.1 Å². The second-order valence-electron chi connectivity index (χ2n) is 12.1. The lowest BCUT2D eigenvalue weighted by molar-refractivity contribution is -0.207. The number of fused-ring (bicyclic) bond motifs is 5. The Morgan fingerprint density at radius 1 is 1.15 bits per heavy atom. The van der Waals surface area contributed by atoms with Gasteiger partial charge in [-0.3, -0.25) is 4.99 Å². The summed E-state index contributed by atoms with van der Waals surface area (Å²) in [6.45, 7) is 8.60. The lowest BCUT2D eigenvalue weighted by atomic mass is 9.43. The van der Waals surface area contributed by atoms with E-state index in [-0.39, 0.29) is 16.9 Å². The summed E-state index contributed by atoms with van der Waals surface area (Å²) in [5.41, 5.74) is 1.49. The van der Waals surface area contributed by atoms with Crippen LogP contribution in [0.2, 0.25) is 0 Å². The highest BCUT2D eigenvalue weighted by Crippen LogP contribution is 2.69. The molecule has 5 aliphatic rings. The quantitative estimate of drug-likeness (QED) is 0.294. The molecule has 8 atom stereocenters. The lowest BCUT2D eigenvalue weighted by Gasteiger charge is -2.63. The van der Waals surface area contributed by atoms with Crippen LogP contribution >= 0.6 is 0 Å². The van der Waals surface area contributed by atoms with Crippen LogP contribution in [0.4, 0.5) is 0 Å². The maximum Gasteiger partial charge on any atom is 0.149 e. The normalized spacial score (nSPS) is 47.9. The number of aliphatic imine (C=N–C) groups is 1. The molecule has 0 amide bonds. The van der Waals surface area contributed by atoms with Gasteiger partial charge in [0.1, 0.15) is 11.5 Å². The summed E-state index contributed by atoms with van der Waals surface area (Å²) in [7, 11) is 0. The van der Waals surface area contributed by atoms with Gasteiger partial charge in [-0.1, -0.05) is 26.8 Å². The van der Waals surface area contributed by atoms with Crippen molar-refractivity contribution < 1.29 is 10.2 Å². The maximum atomic E-state index is 12.4. The highest BCUT2D eigenvalue weighted by molar-refractivity contribution is 6.47. The number of nitrogens with zero attached hydrogens (tertiary/aromatic N) is 2. The van der Waals surface area contributed by atoms with E-state index in [2.05, 4.69) is 42.3 Å². The molecule has 1 heterocycles. The van der Waals surface area contributed by atoms with Gasteiger partial charge in [0.05, 0.1) is 18.2 Å². The van der Waals surface area contributed by atoms with Gasteiger partial charge in [-0.15, -0.1) is 0 Å². The highest BCUT2D eigenvalue weighted by atomic mass is 16.3. The van der Waals surface area contributed by atoms with E-state index in [4.69, 9.17) is 5.84 Å². The van der Waals surface area contributed by atoms with Crippen LogP contribution in [0.15, 0.2) is 21.7 Å². The summed E-state index contributed by atoms with van der Waals surface area (Å²) in [4.78, 5) is 4.55. The minimum atomic E-state index is -0.608. The van der Waals surface area contributed by atoms with E-state index in [1.54, 1.807) is 0 Å². The number of allylic oxidation sites excluding steroid dienone is 1. The lowest BCUT2D eigenvalue weighted by Crippen LogP contribution is -2.62. The van der Waals surface area contributed by atoms with E-state index in [1.165, 1.54) is 6.42 Å². The first-order valence-corrected chi connectivity index (χ1v) is 13.4. The molecule has 0 aromatic heterocycles. The second kappa shape index (κ2) is 8.37. The fourth-order valence-electron chi connectivity index (χ4n) is 8.97. The van der Waals surface area contributed by atoms with Crippen LogP contribution in [0, 0.1) is 34.5 Å². The van der Waals surface area contributed by atoms with Crippen LogP contribution < -0.4 is 11.2 Å². The van der Waals surface area contributed by atoms with Crippen molar-refractivity contribution in [3.8, 4) is 0 Å². The van der Waals surface area contributed by atoms with Gasteiger partial charge in [-0.25, -0.2) is 0 Å². The molecule has 0 unspecified atom stereocenters. The number of aliphatic hydroxyl groups excluding tert-OH is 1. The molecular weight excluding hydrogens is 412 g/mol. The Labute approximate surface area is 199 Å². The second-order valence-corrected chi connectivity index (χ2v) is 12.1. The van der Waals surface area contributed by atoms with Crippen molar-refractivity contribution in [3.63, 3.8) is 0 Å². The van der Waals surface area contributed by atoms with Gasteiger partial charge in [0.25, 0.3) is 0 Å². The van der Waals surface area contributed by atoms with Crippen molar-refractivity contribution in [2.24, 2.45) is 50.4 Å². The summed E-state index contributed by atoms with van der Waals surface area (Å²) in [6.07, 6.45) is 12.6. The zero-order chi connectivity index (χ0) is 23.4. The zero-order valence-electron chi connectivity index (χ0n) is 20.8. The first kappa shape index (κ1) is 23.3. The van der Waals surface area contributed by atoms with Gasteiger partial charge in [0, 0.05) is 12.0 Å². The molecule has 0 spiro atoms. The van der Waals surface area contributed by atoms with E-state index in [0.29, 0.717) is 23.7 Å². The number of amidine groups is 1. The molecule has 0 aromatic rings. The molecule has 4 fully saturated rings. The number of aliphatic hydroxyl groups is 2. The van der Waals surface area contributed by atoms with E-state index in [1.807, 2.05) is 0 Å². The number of rotatable bonds is 4. The zero-order valence-corrected chi connectivity index (χ0v) is 20.8. The average molecular weight is 457 g/mol. The maximum absolute atomic E-state index is 12.4. The van der Waals surface area contributed by atoms with Gasteiger partial charge in [0.15, 0.2) is 0 Å². The van der Waals surface area contributed by atoms with E-state index in [0.717, 1.165) is 88.0 Å². The fourth-order valence-corrected chi connectivity index (χ4v) is 8.97. The SMILES string of the molecule is CCC(=C\[C@H]1CC[C@]2(O)[C@@H]3CC[C@@H]4C[C@@H](O)CC[C@]4(C)[C@H]3CC[C@]12C)/C(=N\N)C1=NCCN1. The largest absolute Gasteiger partial charge is 0.393 e. The average Bonchev–Trinajstić information content (AvgIpc) is 3.41. The fraction of sp³-hybridized carbons (Fsp3) is 0.852. The van der Waals surface area contributed by atoms with Crippen LogP contribution in [0.25, 0.3) is 0 Å². The van der Waals surface area contributed by atoms with Crippen LogP contribution in [-0.4, -0.2) is 46.6 Å². The Kier molecular flexibility index (Phi) is 5.92. The number of hydrogen-bond acceptors (Lipinski definition) is 6. The first-order chi connectivity index (χ1) is 15.8. The summed E-state index contributed by atoms with van der Waals surface area (Å²) < 4.78 is 0. The van der Waals surface area contributed by atoms with Crippen molar-refractivity contribution in [1.82, 2.24) is 5.32 Å². The van der Waals surface area contributed by atoms with E-state index < -0.39 is 5.60 Å². The summed E-state index contributed by atoms with van der Waals surface area (Å²) >= 11 is 0. The molecule has 4 aliphatic carbocycles. The van der Waals surface area contributed by atoms with Crippen molar-refractivity contribution in [1.29, 1.82) is 0 Å². The van der Waals surface area contributed by atoms with Gasteiger partial charge >= 0.3 is 0 Å². The van der Waals surface area contributed by atoms with Crippen molar-refractivity contribution in [3.05, 3.63) is 11.6 Å². The predicted molar refractivity (Wildman–Crippen MR) is 133 cm³/mol. The van der Waals surface area contributed by atoms with Gasteiger partial charge in [0.2, 0.25) is 0 Å². The Hall–Kier alpha value is -1.40. The Morgan fingerprint density at radius 2 is 1.97 bits per heavy atom. The molecule has 33 heavy (non-hydrogen) atoms. The molecule has 0 aromatic carbocycles. The molecule has 5 N–H and O–H groups in total. The van der Waals surface area contributed by atoms with Gasteiger partial charge < -0.3 is 21.4 Å². The monoisotopic (exact) mass is 456 g/mol. The number of hydrogen-bond donors (Lipinski definition) is 4. The molecule has 0 radical (unpaired) electrons. The Bertz CT molecular complexity index is 868. The van der Waals surface area contributed by atoms with E-state index >= 15 is 0 Å². The number of nitrogens with one attached hydrogen (secondary N) is 1. The smallest absolute Gasteiger partial charge is 0.149 e. The van der Waals surface area contributed by atoms with Crippen LogP contribution in [-0.2, 0) is 0 Å². The molecule has 0 saturated heterocycles. The molecule has 0 bridgehead atoms. The molecule has 184 valence electrons. The predicted octanol–water partition coefficient (Wildman–Crippen LogP) is 3.77. The van der Waals surface area contributed by atoms with Crippen LogP contribution in [0.1, 0.15) is 85.0 Å². The summed E-state index contributed by atoms with van der Waals surface area (Å²) in [5.74, 6) is 8.54. The molecular formula is C27H44N4O2. The third-order valence-electron chi connectivity index (χ3n) is 11.0. The molecule has 6 heteroatoms. The van der Waals surface area contributed by atoms with Crippen molar-refractivity contribution >= 4 is 11.5 Å². The molecule has 1 aliphatic heterocycles. The molecule has 5 rings (SSSR count). The Balaban J connectivity index is 1.43. The molecule has 6 nitrogen and oxygen atoms in total. The summed E-state index contributed by atoms with van der Waals surface area (Å²) in [5, 5.41) is 30.2. The topological polar surface area (TPSA) is 103 Å². The number of nitrogens with two attached hydrogens (primary N) is 1. The highest BCUT2D eigenvalue weighted by Gasteiger charge is 2.66. The minimum absolute atomic E-state index is 0.114. The standard InChI is InChI=1S/C27H44N4O2/c1-4-17(23(31-28)24-29-13-14-30-24)15-19-7-12-27(33)22-6-5-18-16-20(32)8-10-25(18,2)21(22)9-11-26(19,27)3/h15,18-22,32-33H,4-14,16,28H2,1-3H3,(H,29,30)/b17-15+,31-23+/t18-,19-,20+,21+,22-,25+,26-,27+/m1/s1. The Morgan fingerprint density at radius 3 is 2.67 bits per heavy atom. The van der Waals surface area contributed by atoms with Crippen LogP contribution in [0.3, 0.4) is 0 Å². The third kappa shape index (κ3) is 3.42. The van der Waals surface area contributed by atoms with Gasteiger partial charge in [-0.05, 0) is 98.9 Å².